The van der Waals surface area contributed by atoms with Crippen LogP contribution in [0.5, 0.6) is 0 Å². The predicted molar refractivity (Wildman–Crippen MR) is 62.1 cm³/mol. The molecule has 0 unspecified atom stereocenters. The van der Waals surface area contributed by atoms with E-state index in [0.29, 0.717) is 4.70 Å². The van der Waals surface area contributed by atoms with Gasteiger partial charge in [-0.2, -0.15) is 13.2 Å². The van der Waals surface area contributed by atoms with E-state index < -0.39 is 11.7 Å². The highest BCUT2D eigenvalue weighted by Crippen LogP contribution is 2.37. The van der Waals surface area contributed by atoms with E-state index in [1.165, 1.54) is 23.5 Å². The molecule has 3 aromatic rings. The minimum absolute atomic E-state index is 0.607. The molecule has 2 heterocycles. The normalized spacial score (nSPS) is 12.4. The third-order valence-corrected chi connectivity index (χ3v) is 3.73. The summed E-state index contributed by atoms with van der Waals surface area (Å²) < 4.78 is 39.3. The maximum atomic E-state index is 12.6. The minimum Gasteiger partial charge on any atom is -0.264 e. The van der Waals surface area contributed by atoms with Crippen molar-refractivity contribution in [1.29, 1.82) is 0 Å². The molecule has 1 nitrogen and oxygen atoms in total. The highest BCUT2D eigenvalue weighted by molar-refractivity contribution is 7.25. The third-order valence-electron chi connectivity index (χ3n) is 2.60. The van der Waals surface area contributed by atoms with E-state index in [1.54, 1.807) is 12.4 Å². The molecule has 0 bridgehead atoms. The number of halogens is 3. The number of alkyl halides is 3. The van der Waals surface area contributed by atoms with Gasteiger partial charge in [-0.1, -0.05) is 6.07 Å². The lowest BCUT2D eigenvalue weighted by Gasteiger charge is -2.05. The van der Waals surface area contributed by atoms with Crippen molar-refractivity contribution < 1.29 is 13.2 Å². The molecule has 0 aliphatic carbocycles. The maximum absolute atomic E-state index is 12.6. The van der Waals surface area contributed by atoms with Gasteiger partial charge in [0, 0.05) is 32.6 Å². The fourth-order valence-corrected chi connectivity index (χ4v) is 2.91. The Hall–Kier alpha value is -1.62. The van der Waals surface area contributed by atoms with Crippen molar-refractivity contribution in [1.82, 2.24) is 4.98 Å². The highest BCUT2D eigenvalue weighted by atomic mass is 32.1. The molecule has 0 saturated heterocycles. The van der Waals surface area contributed by atoms with Crippen LogP contribution in [-0.2, 0) is 6.18 Å². The molecule has 0 saturated carbocycles. The van der Waals surface area contributed by atoms with Crippen molar-refractivity contribution in [3.8, 4) is 0 Å². The first-order chi connectivity index (χ1) is 8.05. The van der Waals surface area contributed by atoms with E-state index in [9.17, 15) is 13.2 Å². The molecule has 0 spiro atoms. The van der Waals surface area contributed by atoms with Crippen molar-refractivity contribution in [2.45, 2.75) is 6.18 Å². The highest BCUT2D eigenvalue weighted by Gasteiger charge is 2.30. The average Bonchev–Trinajstić information content (AvgIpc) is 2.65. The van der Waals surface area contributed by atoms with Crippen LogP contribution in [0.15, 0.2) is 36.7 Å². The number of aromatic nitrogens is 1. The minimum atomic E-state index is -4.29. The number of hydrogen-bond donors (Lipinski definition) is 0. The van der Waals surface area contributed by atoms with Gasteiger partial charge in [0.2, 0.25) is 0 Å². The molecule has 0 aliphatic heterocycles. The number of nitrogens with zero attached hydrogens (tertiary/aromatic N) is 1. The molecule has 0 aliphatic rings. The molecule has 0 radical (unpaired) electrons. The van der Waals surface area contributed by atoms with Gasteiger partial charge >= 0.3 is 6.18 Å². The summed E-state index contributed by atoms with van der Waals surface area (Å²) in [6.07, 6.45) is -0.966. The second kappa shape index (κ2) is 3.43. The summed E-state index contributed by atoms with van der Waals surface area (Å²) in [5.74, 6) is 0. The van der Waals surface area contributed by atoms with E-state index in [1.807, 2.05) is 6.07 Å². The first kappa shape index (κ1) is 10.5. The van der Waals surface area contributed by atoms with Crippen LogP contribution in [0.4, 0.5) is 13.2 Å². The summed E-state index contributed by atoms with van der Waals surface area (Å²) in [5.41, 5.74) is -0.607. The number of thiophene rings is 1. The van der Waals surface area contributed by atoms with Crippen LogP contribution in [0.25, 0.3) is 20.2 Å². The SMILES string of the molecule is FC(F)(F)c1ccc2c(c1)sc1ccncc12. The van der Waals surface area contributed by atoms with E-state index in [4.69, 9.17) is 0 Å². The molecule has 0 amide bonds. The molecule has 2 aromatic heterocycles. The molecule has 3 rings (SSSR count). The summed E-state index contributed by atoms with van der Waals surface area (Å²) in [4.78, 5) is 3.99. The van der Waals surface area contributed by atoms with E-state index in [2.05, 4.69) is 4.98 Å². The lowest BCUT2D eigenvalue weighted by molar-refractivity contribution is -0.137. The van der Waals surface area contributed by atoms with Gasteiger partial charge in [0.15, 0.2) is 0 Å². The lowest BCUT2D eigenvalue weighted by Crippen LogP contribution is -2.03. The van der Waals surface area contributed by atoms with Crippen LogP contribution < -0.4 is 0 Å². The van der Waals surface area contributed by atoms with Crippen molar-refractivity contribution in [2.24, 2.45) is 0 Å². The molecule has 0 fully saturated rings. The van der Waals surface area contributed by atoms with Gasteiger partial charge < -0.3 is 0 Å². The van der Waals surface area contributed by atoms with Gasteiger partial charge in [0.1, 0.15) is 0 Å². The van der Waals surface area contributed by atoms with E-state index in [0.717, 1.165) is 21.5 Å². The number of hydrogen-bond acceptors (Lipinski definition) is 2. The number of benzene rings is 1. The zero-order valence-corrected chi connectivity index (χ0v) is 9.27. The molecular formula is C12H6F3NS. The molecule has 86 valence electrons. The Morgan fingerprint density at radius 1 is 1.00 bits per heavy atom. The standard InChI is InChI=1S/C12H6F3NS/c13-12(14,15)7-1-2-8-9-6-16-4-3-10(9)17-11(8)5-7/h1-6H. The van der Waals surface area contributed by atoms with Gasteiger partial charge in [-0.3, -0.25) is 4.98 Å². The van der Waals surface area contributed by atoms with Crippen LogP contribution in [0.1, 0.15) is 5.56 Å². The first-order valence-corrected chi connectivity index (χ1v) is 5.71. The van der Waals surface area contributed by atoms with E-state index >= 15 is 0 Å². The van der Waals surface area contributed by atoms with Crippen molar-refractivity contribution >= 4 is 31.5 Å². The van der Waals surface area contributed by atoms with Crippen LogP contribution in [0.2, 0.25) is 0 Å². The molecule has 5 heteroatoms. The number of rotatable bonds is 0. The Labute approximate surface area is 98.5 Å². The Bertz CT molecular complexity index is 700. The Morgan fingerprint density at radius 3 is 2.59 bits per heavy atom. The summed E-state index contributed by atoms with van der Waals surface area (Å²) in [6, 6.07) is 5.63. The number of fused-ring (bicyclic) bond motifs is 3. The number of pyridine rings is 1. The zero-order valence-electron chi connectivity index (χ0n) is 8.45. The predicted octanol–water partition coefficient (Wildman–Crippen LogP) is 4.47. The first-order valence-electron chi connectivity index (χ1n) is 4.89. The molecule has 0 N–H and O–H groups in total. The van der Waals surface area contributed by atoms with Gasteiger partial charge in [0.25, 0.3) is 0 Å². The molecule has 17 heavy (non-hydrogen) atoms. The fourth-order valence-electron chi connectivity index (χ4n) is 1.80. The maximum Gasteiger partial charge on any atom is 0.416 e. The summed E-state index contributed by atoms with van der Waals surface area (Å²) >= 11 is 1.35. The van der Waals surface area contributed by atoms with Gasteiger partial charge in [-0.15, -0.1) is 11.3 Å². The molecular weight excluding hydrogens is 247 g/mol. The van der Waals surface area contributed by atoms with Crippen LogP contribution in [0.3, 0.4) is 0 Å². The van der Waals surface area contributed by atoms with Crippen molar-refractivity contribution in [3.63, 3.8) is 0 Å². The Kier molecular flexibility index (Phi) is 2.13. The second-order valence-corrected chi connectivity index (χ2v) is 4.77. The average molecular weight is 253 g/mol. The lowest BCUT2D eigenvalue weighted by atomic mass is 10.1. The Balaban J connectivity index is 2.34. The van der Waals surface area contributed by atoms with Gasteiger partial charge in [-0.05, 0) is 18.2 Å². The Morgan fingerprint density at radius 2 is 1.82 bits per heavy atom. The smallest absolute Gasteiger partial charge is 0.264 e. The summed E-state index contributed by atoms with van der Waals surface area (Å²) in [7, 11) is 0. The van der Waals surface area contributed by atoms with Gasteiger partial charge in [-0.25, -0.2) is 0 Å². The van der Waals surface area contributed by atoms with Crippen LogP contribution in [0, 0.1) is 0 Å². The topological polar surface area (TPSA) is 12.9 Å². The quantitative estimate of drug-likeness (QED) is 0.576. The largest absolute Gasteiger partial charge is 0.416 e. The van der Waals surface area contributed by atoms with E-state index in [-0.39, 0.29) is 0 Å². The van der Waals surface area contributed by atoms with Crippen LogP contribution in [-0.4, -0.2) is 4.98 Å². The van der Waals surface area contributed by atoms with Crippen molar-refractivity contribution in [2.75, 3.05) is 0 Å². The van der Waals surface area contributed by atoms with Crippen LogP contribution >= 0.6 is 11.3 Å². The molecule has 0 atom stereocenters. The summed E-state index contributed by atoms with van der Waals surface area (Å²) in [6.45, 7) is 0. The zero-order chi connectivity index (χ0) is 12.0. The van der Waals surface area contributed by atoms with Crippen molar-refractivity contribution in [3.05, 3.63) is 42.2 Å². The monoisotopic (exact) mass is 253 g/mol. The third kappa shape index (κ3) is 1.67. The second-order valence-electron chi connectivity index (χ2n) is 3.68. The van der Waals surface area contributed by atoms with Gasteiger partial charge in [0.05, 0.1) is 5.56 Å². The molecule has 1 aromatic carbocycles. The fraction of sp³-hybridized carbons (Fsp3) is 0.0833. The summed E-state index contributed by atoms with van der Waals surface area (Å²) in [5, 5.41) is 1.73.